The predicted molar refractivity (Wildman–Crippen MR) is 266 cm³/mol. The average molecular weight is 923 g/mol. The van der Waals surface area contributed by atoms with Crippen LogP contribution in [0.15, 0.2) is 273 Å². The second kappa shape index (κ2) is 25.9. The van der Waals surface area contributed by atoms with Gasteiger partial charge in [0.1, 0.15) is 47.7 Å². The molecule has 0 atom stereocenters. The molecule has 6 heteroatoms. The van der Waals surface area contributed by atoms with Gasteiger partial charge in [-0.3, -0.25) is 0 Å². The van der Waals surface area contributed by atoms with Gasteiger partial charge in [-0.25, -0.2) is 0 Å². The van der Waals surface area contributed by atoms with Crippen LogP contribution in [0.25, 0.3) is 5.59 Å². The van der Waals surface area contributed by atoms with Gasteiger partial charge in [0.2, 0.25) is 0 Å². The zero-order valence-corrected chi connectivity index (χ0v) is 37.8. The molecule has 0 saturated heterocycles. The third-order valence-corrected chi connectivity index (χ3v) is 17.8. The Bertz CT molecular complexity index is 1890. The summed E-state index contributed by atoms with van der Waals surface area (Å²) in [6.45, 7) is 0. The fourth-order valence-corrected chi connectivity index (χ4v) is 14.7. The van der Waals surface area contributed by atoms with Crippen molar-refractivity contribution in [3.05, 3.63) is 283 Å². The maximum atomic E-state index is 7.25. The van der Waals surface area contributed by atoms with E-state index in [9.17, 15) is 0 Å². The van der Waals surface area contributed by atoms with E-state index in [0.29, 0.717) is 0 Å². The summed E-state index contributed by atoms with van der Waals surface area (Å²) in [5, 5.41) is 12.9. The number of nitrogens with zero attached hydrogens (tertiary/aromatic N) is 1. The van der Waals surface area contributed by atoms with Crippen LogP contribution in [0.4, 0.5) is 0 Å². The van der Waals surface area contributed by atoms with Gasteiger partial charge in [-0.1, -0.05) is 164 Å². The van der Waals surface area contributed by atoms with Gasteiger partial charge in [-0.05, 0) is 109 Å². The van der Waals surface area contributed by atoms with E-state index in [2.05, 4.69) is 273 Å². The summed E-state index contributed by atoms with van der Waals surface area (Å²) in [4.78, 5) is 7.25. The van der Waals surface area contributed by atoms with Crippen LogP contribution in [0.1, 0.15) is 0 Å². The van der Waals surface area contributed by atoms with Crippen molar-refractivity contribution >= 4 is 71.5 Å². The Balaban J connectivity index is 0.000000166. The largest absolute Gasteiger partial charge is 0.577 e. The number of nitroso groups, excluding NO2 is 1. The molecular weight excluding hydrogens is 874 g/mol. The van der Waals surface area contributed by atoms with Crippen LogP contribution in [0, 0.1) is 4.91 Å². The van der Waals surface area contributed by atoms with E-state index in [1.807, 2.05) is 0 Å². The molecule has 1 radical (unpaired) electrons. The van der Waals surface area contributed by atoms with Gasteiger partial charge >= 0.3 is 0 Å². The molecule has 0 unspecified atom stereocenters. The topological polar surface area (TPSA) is 39.4 Å². The number of rotatable bonds is 9. The van der Waals surface area contributed by atoms with Crippen molar-refractivity contribution in [3.63, 3.8) is 0 Å². The van der Waals surface area contributed by atoms with E-state index in [1.54, 1.807) is 0 Å². The minimum Gasteiger partial charge on any atom is -0.577 e. The van der Waals surface area contributed by atoms with Crippen LogP contribution >= 0.6 is 23.8 Å². The third-order valence-electron chi connectivity index (χ3n) is 9.56. The minimum absolute atomic E-state index is 0. The molecule has 0 aliphatic heterocycles. The molecule has 60 heavy (non-hydrogen) atoms. The first-order chi connectivity index (χ1) is 29.3. The van der Waals surface area contributed by atoms with Crippen molar-refractivity contribution < 1.29 is 19.5 Å². The molecule has 0 spiro atoms. The molecule has 0 bridgehead atoms. The predicted octanol–water partition coefficient (Wildman–Crippen LogP) is 9.85. The smallest absolute Gasteiger partial charge is 0.102 e. The van der Waals surface area contributed by atoms with Crippen molar-refractivity contribution in [2.24, 2.45) is 0 Å². The molecule has 9 aromatic carbocycles. The standard InChI is InChI=1S/3C18H15P.NO.Rh/c3*1-4-10-16(11-5-1)19(17-12-6-2-7-13-17)18-14-8-3-9-15-18;1-2;/h3*1-15H;;/q;;;-1;/p+3. The summed E-state index contributed by atoms with van der Waals surface area (Å²) in [5.41, 5.74) is 5.75. The van der Waals surface area contributed by atoms with Gasteiger partial charge in [0, 0.05) is 19.5 Å². The molecule has 0 aromatic heterocycles. The van der Waals surface area contributed by atoms with E-state index < -0.39 is 23.8 Å². The van der Waals surface area contributed by atoms with Crippen LogP contribution in [-0.4, -0.2) is 0 Å². The van der Waals surface area contributed by atoms with Crippen LogP contribution in [0.5, 0.6) is 0 Å². The average Bonchev–Trinajstić information content (AvgIpc) is 3.34. The van der Waals surface area contributed by atoms with E-state index in [0.717, 1.165) is 0 Å². The first-order valence-electron chi connectivity index (χ1n) is 19.6. The van der Waals surface area contributed by atoms with Crippen molar-refractivity contribution in [3.8, 4) is 0 Å². The Kier molecular flexibility index (Phi) is 19.6. The molecule has 297 valence electrons. The Morgan fingerprint density at radius 1 is 0.183 bits per heavy atom. The molecule has 0 saturated carbocycles. The van der Waals surface area contributed by atoms with E-state index >= 15 is 0 Å². The van der Waals surface area contributed by atoms with Gasteiger partial charge in [-0.2, -0.15) is 0 Å². The fraction of sp³-hybridized carbons (Fsp3) is 0. The van der Waals surface area contributed by atoms with E-state index in [-0.39, 0.29) is 19.5 Å². The Labute approximate surface area is 372 Å². The van der Waals surface area contributed by atoms with Gasteiger partial charge in [0.05, 0.1) is 23.8 Å². The van der Waals surface area contributed by atoms with E-state index in [1.165, 1.54) is 47.7 Å². The molecule has 0 heterocycles. The minimum atomic E-state index is -0.877. The zero-order chi connectivity index (χ0) is 40.7. The monoisotopic (exact) mass is 922 g/mol. The number of hydrogen-bond acceptors (Lipinski definition) is 1. The van der Waals surface area contributed by atoms with E-state index in [4.69, 9.17) is 10.5 Å². The summed E-state index contributed by atoms with van der Waals surface area (Å²) < 4.78 is 0. The second-order valence-electron chi connectivity index (χ2n) is 13.4. The molecular formula is C54H48NOP3Rh+2. The Morgan fingerprint density at radius 2 is 0.267 bits per heavy atom. The van der Waals surface area contributed by atoms with Crippen molar-refractivity contribution in [2.45, 2.75) is 0 Å². The molecule has 0 aliphatic carbocycles. The molecule has 0 fully saturated rings. The summed E-state index contributed by atoms with van der Waals surface area (Å²) >= 11 is 0. The fourth-order valence-electron chi connectivity index (χ4n) is 6.94. The molecule has 0 amide bonds. The van der Waals surface area contributed by atoms with Crippen molar-refractivity contribution in [1.29, 1.82) is 0 Å². The first-order valence-corrected chi connectivity index (χ1v) is 24.1. The second-order valence-corrected chi connectivity index (χ2v) is 20.9. The summed E-state index contributed by atoms with van der Waals surface area (Å²) in [6.07, 6.45) is 0. The molecule has 9 rings (SSSR count). The Hall–Kier alpha value is -5.51. The maximum Gasteiger partial charge on any atom is 0.102 e. The molecule has 9 aromatic rings. The summed E-state index contributed by atoms with van der Waals surface area (Å²) in [5.74, 6) is 0. The number of hydrogen-bond donors (Lipinski definition) is 0. The van der Waals surface area contributed by atoms with Gasteiger partial charge in [0.15, 0.2) is 0 Å². The SMILES string of the molecule is [N-]=O.[Rh].c1ccc([PH+](c2ccccc2)c2ccccc2)cc1.c1ccc([PH+](c2ccccc2)c2ccccc2)cc1.c1ccc([PH+](c2ccccc2)c2ccccc2)cc1. The normalized spacial score (nSPS) is 10.1. The van der Waals surface area contributed by atoms with Gasteiger partial charge in [-0.15, -0.1) is 0 Å². The molecule has 2 nitrogen and oxygen atoms in total. The van der Waals surface area contributed by atoms with Crippen LogP contribution in [-0.2, 0) is 19.5 Å². The van der Waals surface area contributed by atoms with Crippen LogP contribution in [0.3, 0.4) is 0 Å². The zero-order valence-electron chi connectivity index (χ0n) is 33.2. The first kappa shape index (κ1) is 45.6. The van der Waals surface area contributed by atoms with Crippen LogP contribution < -0.4 is 47.7 Å². The van der Waals surface area contributed by atoms with Gasteiger partial charge < -0.3 is 10.5 Å². The summed E-state index contributed by atoms with van der Waals surface area (Å²) in [7, 11) is -2.63. The Morgan fingerprint density at radius 3 is 0.350 bits per heavy atom. The van der Waals surface area contributed by atoms with Crippen molar-refractivity contribution in [2.75, 3.05) is 0 Å². The van der Waals surface area contributed by atoms with Crippen molar-refractivity contribution in [1.82, 2.24) is 0 Å². The third kappa shape index (κ3) is 13.2. The quantitative estimate of drug-likeness (QED) is 0.105. The molecule has 0 aliphatic rings. The summed E-state index contributed by atoms with van der Waals surface area (Å²) in [6, 6.07) is 97.5. The number of benzene rings is 9. The van der Waals surface area contributed by atoms with Gasteiger partial charge in [0.25, 0.3) is 0 Å². The van der Waals surface area contributed by atoms with Crippen LogP contribution in [0.2, 0.25) is 0 Å². The molecule has 0 N–H and O–H groups in total. The maximum absolute atomic E-state index is 7.25.